The fourth-order valence-electron chi connectivity index (χ4n) is 1.75. The van der Waals surface area contributed by atoms with Crippen molar-refractivity contribution in [3.63, 3.8) is 0 Å². The van der Waals surface area contributed by atoms with E-state index >= 15 is 0 Å². The summed E-state index contributed by atoms with van der Waals surface area (Å²) in [7, 11) is 0. The van der Waals surface area contributed by atoms with Crippen LogP contribution in [0.3, 0.4) is 0 Å². The summed E-state index contributed by atoms with van der Waals surface area (Å²) in [4.78, 5) is 4.24. The molecule has 3 heteroatoms. The number of oxazole rings is 1. The molecule has 0 spiro atoms. The molecule has 0 aliphatic carbocycles. The van der Waals surface area contributed by atoms with Gasteiger partial charge in [-0.1, -0.05) is 6.92 Å². The van der Waals surface area contributed by atoms with Gasteiger partial charge in [-0.15, -0.1) is 0 Å². The van der Waals surface area contributed by atoms with E-state index in [1.807, 2.05) is 6.20 Å². The Labute approximate surface area is 78.5 Å². The predicted molar refractivity (Wildman–Crippen MR) is 50.6 cm³/mol. The molecule has 13 heavy (non-hydrogen) atoms. The van der Waals surface area contributed by atoms with Gasteiger partial charge in [0.15, 0.2) is 5.89 Å². The largest absolute Gasteiger partial charge is 0.446 e. The van der Waals surface area contributed by atoms with Crippen molar-refractivity contribution in [2.75, 3.05) is 6.54 Å². The molecule has 1 N–H and O–H groups in total. The van der Waals surface area contributed by atoms with E-state index in [-0.39, 0.29) is 0 Å². The Bertz CT molecular complexity index is 264. The molecule has 72 valence electrons. The molecule has 0 amide bonds. The van der Waals surface area contributed by atoms with Crippen LogP contribution in [0.4, 0.5) is 0 Å². The third kappa shape index (κ3) is 2.10. The van der Waals surface area contributed by atoms with Crippen molar-refractivity contribution in [3.05, 3.63) is 17.8 Å². The Balaban J connectivity index is 1.92. The molecule has 1 aromatic rings. The number of nitrogens with one attached hydrogen (secondary N) is 1. The first-order valence-electron chi connectivity index (χ1n) is 5.05. The molecule has 0 radical (unpaired) electrons. The lowest BCUT2D eigenvalue weighted by Gasteiger charge is -2.05. The highest BCUT2D eigenvalue weighted by molar-refractivity contribution is 4.96. The molecule has 1 fully saturated rings. The van der Waals surface area contributed by atoms with E-state index in [0.717, 1.165) is 31.0 Å². The highest BCUT2D eigenvalue weighted by Gasteiger charge is 2.16. The lowest BCUT2D eigenvalue weighted by Crippen LogP contribution is -2.23. The number of aryl methyl sites for hydroxylation is 1. The zero-order chi connectivity index (χ0) is 9.10. The summed E-state index contributed by atoms with van der Waals surface area (Å²) in [6.45, 7) is 3.23. The smallest absolute Gasteiger partial charge is 0.195 e. The lowest BCUT2D eigenvalue weighted by molar-refractivity contribution is 0.431. The van der Waals surface area contributed by atoms with Gasteiger partial charge < -0.3 is 9.73 Å². The van der Waals surface area contributed by atoms with Crippen LogP contribution in [0.15, 0.2) is 10.6 Å². The number of hydrogen-bond donors (Lipinski definition) is 1. The van der Waals surface area contributed by atoms with Crippen molar-refractivity contribution in [2.24, 2.45) is 0 Å². The van der Waals surface area contributed by atoms with Crippen molar-refractivity contribution in [1.82, 2.24) is 10.3 Å². The first-order valence-corrected chi connectivity index (χ1v) is 5.05. The van der Waals surface area contributed by atoms with E-state index in [1.165, 1.54) is 12.8 Å². The average molecular weight is 180 g/mol. The summed E-state index contributed by atoms with van der Waals surface area (Å²) in [6, 6.07) is 0.586. The van der Waals surface area contributed by atoms with Gasteiger partial charge >= 0.3 is 0 Å². The van der Waals surface area contributed by atoms with E-state index in [1.54, 1.807) is 0 Å². The minimum atomic E-state index is 0.586. The summed E-state index contributed by atoms with van der Waals surface area (Å²) >= 11 is 0. The maximum Gasteiger partial charge on any atom is 0.195 e. The summed E-state index contributed by atoms with van der Waals surface area (Å²) in [6.07, 6.45) is 6.26. The number of nitrogens with zero attached hydrogens (tertiary/aromatic N) is 1. The lowest BCUT2D eigenvalue weighted by atomic mass is 10.2. The SMILES string of the molecule is CCc1cnc(CC2CCCN2)o1. The van der Waals surface area contributed by atoms with Gasteiger partial charge in [-0.25, -0.2) is 4.98 Å². The molecule has 2 rings (SSSR count). The van der Waals surface area contributed by atoms with E-state index in [4.69, 9.17) is 4.42 Å². The van der Waals surface area contributed by atoms with Crippen LogP contribution in [0.2, 0.25) is 0 Å². The summed E-state index contributed by atoms with van der Waals surface area (Å²) in [5.41, 5.74) is 0. The van der Waals surface area contributed by atoms with Crippen molar-refractivity contribution in [3.8, 4) is 0 Å². The fraction of sp³-hybridized carbons (Fsp3) is 0.700. The molecule has 1 aromatic heterocycles. The Hall–Kier alpha value is -0.830. The van der Waals surface area contributed by atoms with Gasteiger partial charge in [-0.05, 0) is 19.4 Å². The molecule has 1 aliphatic rings. The van der Waals surface area contributed by atoms with Crippen LogP contribution in [0, 0.1) is 0 Å². The van der Waals surface area contributed by atoms with E-state index in [9.17, 15) is 0 Å². The molecular weight excluding hydrogens is 164 g/mol. The molecular formula is C10H16N2O. The molecule has 0 saturated carbocycles. The quantitative estimate of drug-likeness (QED) is 0.766. The van der Waals surface area contributed by atoms with Gasteiger partial charge in [-0.2, -0.15) is 0 Å². The molecule has 1 unspecified atom stereocenters. The van der Waals surface area contributed by atoms with Crippen LogP contribution < -0.4 is 5.32 Å². The normalized spacial score (nSPS) is 22.4. The van der Waals surface area contributed by atoms with Crippen LogP contribution in [0.25, 0.3) is 0 Å². The van der Waals surface area contributed by atoms with Crippen molar-refractivity contribution < 1.29 is 4.42 Å². The van der Waals surface area contributed by atoms with Crippen LogP contribution in [-0.2, 0) is 12.8 Å². The molecule has 1 atom stereocenters. The monoisotopic (exact) mass is 180 g/mol. The van der Waals surface area contributed by atoms with Crippen LogP contribution in [0.5, 0.6) is 0 Å². The second-order valence-corrected chi connectivity index (χ2v) is 3.57. The topological polar surface area (TPSA) is 38.1 Å². The Morgan fingerprint density at radius 2 is 2.62 bits per heavy atom. The van der Waals surface area contributed by atoms with Crippen LogP contribution in [0.1, 0.15) is 31.4 Å². The van der Waals surface area contributed by atoms with Gasteiger partial charge in [0.2, 0.25) is 0 Å². The summed E-state index contributed by atoms with van der Waals surface area (Å²) in [5, 5.41) is 3.43. The van der Waals surface area contributed by atoms with Gasteiger partial charge in [-0.3, -0.25) is 0 Å². The van der Waals surface area contributed by atoms with Crippen molar-refractivity contribution in [2.45, 2.75) is 38.6 Å². The van der Waals surface area contributed by atoms with Crippen LogP contribution >= 0.6 is 0 Å². The Morgan fingerprint density at radius 3 is 3.23 bits per heavy atom. The van der Waals surface area contributed by atoms with Gasteiger partial charge in [0.05, 0.1) is 6.20 Å². The number of rotatable bonds is 3. The second kappa shape index (κ2) is 3.92. The number of aromatic nitrogens is 1. The van der Waals surface area contributed by atoms with Gasteiger partial charge in [0, 0.05) is 18.9 Å². The standard InChI is InChI=1S/C10H16N2O/c1-2-9-7-12-10(13-9)6-8-4-3-5-11-8/h7-8,11H,2-6H2,1H3. The maximum atomic E-state index is 5.54. The molecule has 0 bridgehead atoms. The van der Waals surface area contributed by atoms with E-state index in [2.05, 4.69) is 17.2 Å². The summed E-state index contributed by atoms with van der Waals surface area (Å²) < 4.78 is 5.54. The molecule has 3 nitrogen and oxygen atoms in total. The molecule has 1 aliphatic heterocycles. The predicted octanol–water partition coefficient (Wildman–Crippen LogP) is 1.53. The van der Waals surface area contributed by atoms with Crippen molar-refractivity contribution in [1.29, 1.82) is 0 Å². The summed E-state index contributed by atoms with van der Waals surface area (Å²) in [5.74, 6) is 1.88. The average Bonchev–Trinajstić information content (AvgIpc) is 2.76. The third-order valence-corrected chi connectivity index (χ3v) is 2.53. The van der Waals surface area contributed by atoms with Gasteiger partial charge in [0.25, 0.3) is 0 Å². The molecule has 1 saturated heterocycles. The maximum absolute atomic E-state index is 5.54. The number of hydrogen-bond acceptors (Lipinski definition) is 3. The Morgan fingerprint density at radius 1 is 1.69 bits per heavy atom. The van der Waals surface area contributed by atoms with Crippen molar-refractivity contribution >= 4 is 0 Å². The zero-order valence-corrected chi connectivity index (χ0v) is 8.05. The van der Waals surface area contributed by atoms with E-state index in [0.29, 0.717) is 6.04 Å². The first kappa shape index (κ1) is 8.75. The minimum absolute atomic E-state index is 0.586. The fourth-order valence-corrected chi connectivity index (χ4v) is 1.75. The molecule has 2 heterocycles. The second-order valence-electron chi connectivity index (χ2n) is 3.57. The third-order valence-electron chi connectivity index (χ3n) is 2.53. The highest BCUT2D eigenvalue weighted by Crippen LogP contribution is 2.12. The minimum Gasteiger partial charge on any atom is -0.446 e. The molecule has 0 aromatic carbocycles. The van der Waals surface area contributed by atoms with Crippen LogP contribution in [-0.4, -0.2) is 17.6 Å². The zero-order valence-electron chi connectivity index (χ0n) is 8.05. The van der Waals surface area contributed by atoms with E-state index < -0.39 is 0 Å². The first-order chi connectivity index (χ1) is 6.38. The van der Waals surface area contributed by atoms with Gasteiger partial charge in [0.1, 0.15) is 5.76 Å². The Kier molecular flexibility index (Phi) is 2.64. The highest BCUT2D eigenvalue weighted by atomic mass is 16.4.